The molecule has 0 spiro atoms. The molecule has 7 heteroatoms. The van der Waals surface area contributed by atoms with E-state index in [1.807, 2.05) is 54.6 Å². The van der Waals surface area contributed by atoms with Gasteiger partial charge in [0.25, 0.3) is 11.7 Å². The molecule has 1 aromatic heterocycles. The van der Waals surface area contributed by atoms with Gasteiger partial charge in [0.15, 0.2) is 0 Å². The van der Waals surface area contributed by atoms with E-state index in [0.717, 1.165) is 29.9 Å². The number of para-hydroxylation sites is 1. The van der Waals surface area contributed by atoms with E-state index in [9.17, 15) is 14.4 Å². The Morgan fingerprint density at radius 3 is 2.35 bits per heavy atom. The van der Waals surface area contributed by atoms with E-state index >= 15 is 0 Å². The lowest BCUT2D eigenvalue weighted by Crippen LogP contribution is -2.31. The van der Waals surface area contributed by atoms with E-state index in [0.29, 0.717) is 23.4 Å². The zero-order valence-corrected chi connectivity index (χ0v) is 17.6. The molecule has 1 aliphatic heterocycles. The van der Waals surface area contributed by atoms with E-state index in [4.69, 9.17) is 0 Å². The van der Waals surface area contributed by atoms with Crippen LogP contribution in [-0.4, -0.2) is 33.9 Å². The first kappa shape index (κ1) is 20.5. The minimum atomic E-state index is -0.669. The summed E-state index contributed by atoms with van der Waals surface area (Å²) >= 11 is 0. The number of anilines is 1. The molecule has 1 fully saturated rings. The smallest absolute Gasteiger partial charge is 0.292 e. The van der Waals surface area contributed by atoms with Gasteiger partial charge in [0, 0.05) is 25.2 Å². The number of aromatic nitrogens is 2. The van der Waals surface area contributed by atoms with Crippen molar-refractivity contribution >= 4 is 23.3 Å². The summed E-state index contributed by atoms with van der Waals surface area (Å²) < 4.78 is 1.67. The summed E-state index contributed by atoms with van der Waals surface area (Å²) in [4.78, 5) is 39.0. The summed E-state index contributed by atoms with van der Waals surface area (Å²) in [5.74, 6) is -1.14. The van der Waals surface area contributed by atoms with Crippen LogP contribution in [0.25, 0.3) is 5.69 Å². The molecular weight excluding hydrogens is 392 g/mol. The number of hydrogen-bond acceptors (Lipinski definition) is 4. The standard InChI is InChI=1S/C24H24N4O3/c1-16-22(17(2)28(26-16)20-7-4-3-5-8-20)23(30)24(31)25-15-18-10-12-19(13-11-18)27-14-6-9-21(27)29/h3-5,7-8,10-13H,6,9,14-15H2,1-2H3,(H,25,31). The highest BCUT2D eigenvalue weighted by Gasteiger charge is 2.25. The van der Waals surface area contributed by atoms with Crippen LogP contribution in [-0.2, 0) is 16.1 Å². The van der Waals surface area contributed by atoms with E-state index in [1.54, 1.807) is 23.4 Å². The Labute approximate surface area is 180 Å². The fourth-order valence-electron chi connectivity index (χ4n) is 3.88. The van der Waals surface area contributed by atoms with Gasteiger partial charge in [-0.1, -0.05) is 30.3 Å². The van der Waals surface area contributed by atoms with Crippen LogP contribution in [0.5, 0.6) is 0 Å². The Bertz CT molecular complexity index is 1130. The summed E-state index contributed by atoms with van der Waals surface area (Å²) in [6.07, 6.45) is 1.46. The molecule has 0 atom stereocenters. The van der Waals surface area contributed by atoms with E-state index < -0.39 is 11.7 Å². The summed E-state index contributed by atoms with van der Waals surface area (Å²) in [5.41, 5.74) is 4.01. The Kier molecular flexibility index (Phi) is 5.66. The van der Waals surface area contributed by atoms with Crippen LogP contribution in [0.4, 0.5) is 5.69 Å². The molecule has 0 bridgehead atoms. The van der Waals surface area contributed by atoms with Gasteiger partial charge in [-0.25, -0.2) is 4.68 Å². The van der Waals surface area contributed by atoms with Gasteiger partial charge < -0.3 is 10.2 Å². The molecule has 3 aromatic rings. The number of amides is 2. The van der Waals surface area contributed by atoms with Crippen LogP contribution in [0, 0.1) is 13.8 Å². The number of carbonyl (C=O) groups is 3. The first-order valence-electron chi connectivity index (χ1n) is 10.3. The monoisotopic (exact) mass is 416 g/mol. The maximum absolute atomic E-state index is 12.8. The van der Waals surface area contributed by atoms with Crippen molar-refractivity contribution in [3.05, 3.63) is 77.1 Å². The number of ketones is 1. The van der Waals surface area contributed by atoms with Gasteiger partial charge in [0.05, 0.1) is 22.6 Å². The lowest BCUT2D eigenvalue weighted by Gasteiger charge is -2.16. The molecule has 4 rings (SSSR count). The van der Waals surface area contributed by atoms with Crippen LogP contribution in [0.1, 0.15) is 40.2 Å². The Hall–Kier alpha value is -3.74. The first-order chi connectivity index (χ1) is 15.0. The van der Waals surface area contributed by atoms with Crippen molar-refractivity contribution in [2.75, 3.05) is 11.4 Å². The number of aryl methyl sites for hydroxylation is 1. The lowest BCUT2D eigenvalue weighted by atomic mass is 10.1. The molecule has 1 aliphatic rings. The van der Waals surface area contributed by atoms with Crippen molar-refractivity contribution in [1.82, 2.24) is 15.1 Å². The topological polar surface area (TPSA) is 84.3 Å². The van der Waals surface area contributed by atoms with Gasteiger partial charge in [-0.2, -0.15) is 5.10 Å². The zero-order valence-electron chi connectivity index (χ0n) is 17.6. The van der Waals surface area contributed by atoms with Gasteiger partial charge in [0.2, 0.25) is 5.91 Å². The molecule has 158 valence electrons. The van der Waals surface area contributed by atoms with Gasteiger partial charge in [-0.05, 0) is 50.1 Å². The number of rotatable bonds is 6. The first-order valence-corrected chi connectivity index (χ1v) is 10.3. The quantitative estimate of drug-likeness (QED) is 0.494. The van der Waals surface area contributed by atoms with Crippen molar-refractivity contribution in [3.63, 3.8) is 0 Å². The number of Topliss-reactive ketones (excluding diaryl/α,β-unsaturated/α-hetero) is 1. The van der Waals surface area contributed by atoms with Crippen LogP contribution >= 0.6 is 0 Å². The van der Waals surface area contributed by atoms with Crippen LogP contribution < -0.4 is 10.2 Å². The number of benzene rings is 2. The average molecular weight is 416 g/mol. The van der Waals surface area contributed by atoms with Gasteiger partial charge in [-0.3, -0.25) is 14.4 Å². The number of nitrogens with one attached hydrogen (secondary N) is 1. The molecule has 31 heavy (non-hydrogen) atoms. The third kappa shape index (κ3) is 4.12. The average Bonchev–Trinajstić information content (AvgIpc) is 3.34. The molecule has 0 radical (unpaired) electrons. The second-order valence-corrected chi connectivity index (χ2v) is 7.62. The summed E-state index contributed by atoms with van der Waals surface area (Å²) in [6, 6.07) is 16.9. The normalized spacial score (nSPS) is 13.5. The largest absolute Gasteiger partial charge is 0.345 e. The van der Waals surface area contributed by atoms with Crippen LogP contribution in [0.3, 0.4) is 0 Å². The number of carbonyl (C=O) groups excluding carboxylic acids is 3. The molecule has 0 aliphatic carbocycles. The minimum absolute atomic E-state index is 0.133. The molecule has 1 N–H and O–H groups in total. The number of hydrogen-bond donors (Lipinski definition) is 1. The summed E-state index contributed by atoms with van der Waals surface area (Å²) in [7, 11) is 0. The van der Waals surface area contributed by atoms with Crippen molar-refractivity contribution in [2.45, 2.75) is 33.2 Å². The third-order valence-corrected chi connectivity index (χ3v) is 5.50. The Morgan fingerprint density at radius 1 is 1.00 bits per heavy atom. The molecule has 1 saturated heterocycles. The molecule has 2 heterocycles. The van der Waals surface area contributed by atoms with E-state index in [2.05, 4.69) is 10.4 Å². The highest BCUT2D eigenvalue weighted by Crippen LogP contribution is 2.22. The maximum atomic E-state index is 12.8. The highest BCUT2D eigenvalue weighted by molar-refractivity contribution is 6.43. The van der Waals surface area contributed by atoms with Crippen LogP contribution in [0.15, 0.2) is 54.6 Å². The summed E-state index contributed by atoms with van der Waals surface area (Å²) in [5, 5.41) is 7.13. The SMILES string of the molecule is Cc1nn(-c2ccccc2)c(C)c1C(=O)C(=O)NCc1ccc(N2CCCC2=O)cc1. The predicted octanol–water partition coefficient (Wildman–Crippen LogP) is 3.12. The lowest BCUT2D eigenvalue weighted by molar-refractivity contribution is -0.117. The van der Waals surface area contributed by atoms with Gasteiger partial charge in [-0.15, -0.1) is 0 Å². The highest BCUT2D eigenvalue weighted by atomic mass is 16.2. The molecule has 7 nitrogen and oxygen atoms in total. The van der Waals surface area contributed by atoms with Crippen molar-refractivity contribution in [3.8, 4) is 5.69 Å². The fraction of sp³-hybridized carbons (Fsp3) is 0.250. The molecule has 2 amide bonds. The van der Waals surface area contributed by atoms with Crippen LogP contribution in [0.2, 0.25) is 0 Å². The fourth-order valence-corrected chi connectivity index (χ4v) is 3.88. The maximum Gasteiger partial charge on any atom is 0.292 e. The predicted molar refractivity (Wildman–Crippen MR) is 117 cm³/mol. The molecule has 0 saturated carbocycles. The second kappa shape index (κ2) is 8.55. The second-order valence-electron chi connectivity index (χ2n) is 7.62. The number of nitrogens with zero attached hydrogens (tertiary/aromatic N) is 3. The van der Waals surface area contributed by atoms with E-state index in [1.165, 1.54) is 0 Å². The molecular formula is C24H24N4O3. The van der Waals surface area contributed by atoms with Gasteiger partial charge in [0.1, 0.15) is 0 Å². The molecule has 2 aromatic carbocycles. The Balaban J connectivity index is 1.43. The van der Waals surface area contributed by atoms with E-state index in [-0.39, 0.29) is 12.5 Å². The Morgan fingerprint density at radius 2 is 1.71 bits per heavy atom. The summed E-state index contributed by atoms with van der Waals surface area (Å²) in [6.45, 7) is 4.47. The third-order valence-electron chi connectivity index (χ3n) is 5.50. The van der Waals surface area contributed by atoms with Crippen molar-refractivity contribution < 1.29 is 14.4 Å². The zero-order chi connectivity index (χ0) is 22.0. The molecule has 0 unspecified atom stereocenters. The van der Waals surface area contributed by atoms with Crippen molar-refractivity contribution in [2.24, 2.45) is 0 Å². The minimum Gasteiger partial charge on any atom is -0.345 e. The van der Waals surface area contributed by atoms with Gasteiger partial charge >= 0.3 is 0 Å². The van der Waals surface area contributed by atoms with Crippen molar-refractivity contribution in [1.29, 1.82) is 0 Å².